The maximum atomic E-state index is 9.25. The molecule has 54 valence electrons. The fourth-order valence-electron chi connectivity index (χ4n) is 0.824. The third-order valence-corrected chi connectivity index (χ3v) is 1.86. The van der Waals surface area contributed by atoms with Gasteiger partial charge in [0.15, 0.2) is 0 Å². The first kappa shape index (κ1) is 7.61. The monoisotopic (exact) mass is 200 g/mol. The maximum absolute atomic E-state index is 9.25. The molecule has 1 aromatic rings. The highest BCUT2D eigenvalue weighted by Crippen LogP contribution is 2.28. The van der Waals surface area contributed by atoms with Crippen molar-refractivity contribution < 1.29 is 5.11 Å². The van der Waals surface area contributed by atoms with Crippen molar-refractivity contribution in [2.45, 2.75) is 11.8 Å². The van der Waals surface area contributed by atoms with Gasteiger partial charge in [0.1, 0.15) is 5.75 Å². The van der Waals surface area contributed by atoms with E-state index in [0.717, 1.165) is 5.56 Å². The van der Waals surface area contributed by atoms with Crippen LogP contribution in [0.4, 0.5) is 0 Å². The minimum absolute atomic E-state index is 0.216. The highest BCUT2D eigenvalue weighted by atomic mass is 79.9. The van der Waals surface area contributed by atoms with Crippen molar-refractivity contribution in [2.24, 2.45) is 0 Å². The average Bonchev–Trinajstić information content (AvgIpc) is 1.88. The van der Waals surface area contributed by atoms with Crippen LogP contribution in [0.15, 0.2) is 24.3 Å². The number of phenols is 1. The van der Waals surface area contributed by atoms with Gasteiger partial charge < -0.3 is 5.11 Å². The number of phenolic OH excluding ortho intramolecular Hbond substituents is 1. The van der Waals surface area contributed by atoms with E-state index < -0.39 is 0 Å². The summed E-state index contributed by atoms with van der Waals surface area (Å²) < 4.78 is 0. The van der Waals surface area contributed by atoms with Crippen molar-refractivity contribution in [3.8, 4) is 5.75 Å². The zero-order chi connectivity index (χ0) is 7.56. The van der Waals surface area contributed by atoms with Gasteiger partial charge >= 0.3 is 0 Å². The summed E-state index contributed by atoms with van der Waals surface area (Å²) in [5.41, 5.74) is 0.933. The summed E-state index contributed by atoms with van der Waals surface area (Å²) in [4.78, 5) is 0.216. The quantitative estimate of drug-likeness (QED) is 0.692. The van der Waals surface area contributed by atoms with Crippen LogP contribution in [0.5, 0.6) is 5.75 Å². The summed E-state index contributed by atoms with van der Waals surface area (Å²) in [6.45, 7) is 1.98. The van der Waals surface area contributed by atoms with Gasteiger partial charge in [-0.15, -0.1) is 0 Å². The van der Waals surface area contributed by atoms with Crippen LogP contribution < -0.4 is 0 Å². The summed E-state index contributed by atoms with van der Waals surface area (Å²) >= 11 is 3.37. The zero-order valence-electron chi connectivity index (χ0n) is 5.71. The van der Waals surface area contributed by atoms with Crippen LogP contribution >= 0.6 is 15.9 Å². The molecule has 1 rings (SSSR count). The van der Waals surface area contributed by atoms with Crippen LogP contribution in [0.2, 0.25) is 0 Å². The molecule has 0 spiro atoms. The molecule has 0 aromatic heterocycles. The number of halogens is 1. The SMILES string of the molecule is CC(Br)c1ccccc1O. The van der Waals surface area contributed by atoms with Gasteiger partial charge in [-0.3, -0.25) is 0 Å². The molecule has 1 N–H and O–H groups in total. The summed E-state index contributed by atoms with van der Waals surface area (Å²) in [6, 6.07) is 7.31. The van der Waals surface area contributed by atoms with E-state index in [9.17, 15) is 5.11 Å². The number of hydrogen-bond acceptors (Lipinski definition) is 1. The summed E-state index contributed by atoms with van der Waals surface area (Å²) in [5.74, 6) is 0.354. The molecule has 0 bridgehead atoms. The Balaban J connectivity index is 3.03. The minimum atomic E-state index is 0.216. The summed E-state index contributed by atoms with van der Waals surface area (Å²) in [7, 11) is 0. The standard InChI is InChI=1S/C8H9BrO/c1-6(9)7-4-2-3-5-8(7)10/h2-6,10H,1H3. The summed E-state index contributed by atoms with van der Waals surface area (Å²) in [6.07, 6.45) is 0. The molecular weight excluding hydrogens is 192 g/mol. The van der Waals surface area contributed by atoms with Crippen molar-refractivity contribution in [3.05, 3.63) is 29.8 Å². The lowest BCUT2D eigenvalue weighted by molar-refractivity contribution is 0.469. The molecule has 0 aliphatic heterocycles. The van der Waals surface area contributed by atoms with E-state index in [0.29, 0.717) is 5.75 Å². The third kappa shape index (κ3) is 1.51. The maximum Gasteiger partial charge on any atom is 0.119 e. The van der Waals surface area contributed by atoms with Gasteiger partial charge in [-0.1, -0.05) is 34.1 Å². The topological polar surface area (TPSA) is 20.2 Å². The first-order valence-corrected chi connectivity index (χ1v) is 4.05. The van der Waals surface area contributed by atoms with Crippen LogP contribution in [-0.4, -0.2) is 5.11 Å². The molecule has 0 fully saturated rings. The van der Waals surface area contributed by atoms with Gasteiger partial charge in [0.2, 0.25) is 0 Å². The molecule has 0 radical (unpaired) electrons. The third-order valence-electron chi connectivity index (χ3n) is 1.37. The second kappa shape index (κ2) is 3.06. The number of para-hydroxylation sites is 1. The molecule has 2 heteroatoms. The van der Waals surface area contributed by atoms with Crippen LogP contribution in [0.25, 0.3) is 0 Å². The van der Waals surface area contributed by atoms with Gasteiger partial charge in [0.25, 0.3) is 0 Å². The Morgan fingerprint density at radius 2 is 2.00 bits per heavy atom. The average molecular weight is 201 g/mol. The number of rotatable bonds is 1. The van der Waals surface area contributed by atoms with E-state index in [1.54, 1.807) is 6.07 Å². The Morgan fingerprint density at radius 3 is 2.40 bits per heavy atom. The fourth-order valence-corrected chi connectivity index (χ4v) is 1.21. The van der Waals surface area contributed by atoms with Gasteiger partial charge in [0.05, 0.1) is 0 Å². The Hall–Kier alpha value is -0.500. The van der Waals surface area contributed by atoms with Gasteiger partial charge in [0, 0.05) is 10.4 Å². The predicted octanol–water partition coefficient (Wildman–Crippen LogP) is 2.85. The van der Waals surface area contributed by atoms with E-state index in [4.69, 9.17) is 0 Å². The number of aromatic hydroxyl groups is 1. The van der Waals surface area contributed by atoms with E-state index in [1.165, 1.54) is 0 Å². The van der Waals surface area contributed by atoms with Crippen molar-refractivity contribution in [3.63, 3.8) is 0 Å². The fraction of sp³-hybridized carbons (Fsp3) is 0.250. The van der Waals surface area contributed by atoms with Gasteiger partial charge in [-0.05, 0) is 13.0 Å². The molecule has 0 aliphatic rings. The number of benzene rings is 1. The van der Waals surface area contributed by atoms with Crippen LogP contribution in [-0.2, 0) is 0 Å². The molecule has 0 saturated heterocycles. The highest BCUT2D eigenvalue weighted by Gasteiger charge is 2.03. The lowest BCUT2D eigenvalue weighted by atomic mass is 10.1. The first-order valence-electron chi connectivity index (χ1n) is 3.14. The van der Waals surface area contributed by atoms with Crippen LogP contribution in [0.3, 0.4) is 0 Å². The molecular formula is C8H9BrO. The van der Waals surface area contributed by atoms with Crippen LogP contribution in [0.1, 0.15) is 17.3 Å². The Labute approximate surface area is 68.8 Å². The van der Waals surface area contributed by atoms with E-state index in [2.05, 4.69) is 15.9 Å². The molecule has 0 heterocycles. The predicted molar refractivity (Wildman–Crippen MR) is 45.4 cm³/mol. The second-order valence-corrected chi connectivity index (χ2v) is 3.55. The molecule has 10 heavy (non-hydrogen) atoms. The number of alkyl halides is 1. The van der Waals surface area contributed by atoms with E-state index in [-0.39, 0.29) is 4.83 Å². The largest absolute Gasteiger partial charge is 0.508 e. The molecule has 1 atom stereocenters. The highest BCUT2D eigenvalue weighted by molar-refractivity contribution is 9.09. The van der Waals surface area contributed by atoms with Gasteiger partial charge in [-0.25, -0.2) is 0 Å². The van der Waals surface area contributed by atoms with Gasteiger partial charge in [-0.2, -0.15) is 0 Å². The summed E-state index contributed by atoms with van der Waals surface area (Å²) in [5, 5.41) is 9.25. The Bertz CT molecular complexity index is 220. The van der Waals surface area contributed by atoms with Crippen molar-refractivity contribution in [1.29, 1.82) is 0 Å². The Morgan fingerprint density at radius 1 is 1.40 bits per heavy atom. The van der Waals surface area contributed by atoms with Crippen LogP contribution in [0, 0.1) is 0 Å². The van der Waals surface area contributed by atoms with E-state index in [1.807, 2.05) is 25.1 Å². The van der Waals surface area contributed by atoms with Crippen molar-refractivity contribution in [2.75, 3.05) is 0 Å². The van der Waals surface area contributed by atoms with E-state index >= 15 is 0 Å². The lowest BCUT2D eigenvalue weighted by Crippen LogP contribution is -1.82. The smallest absolute Gasteiger partial charge is 0.119 e. The second-order valence-electron chi connectivity index (χ2n) is 2.17. The van der Waals surface area contributed by atoms with Crippen molar-refractivity contribution >= 4 is 15.9 Å². The first-order chi connectivity index (χ1) is 4.72. The lowest BCUT2D eigenvalue weighted by Gasteiger charge is -2.04. The molecule has 0 amide bonds. The minimum Gasteiger partial charge on any atom is -0.508 e. The number of hydrogen-bond donors (Lipinski definition) is 1. The molecule has 0 aliphatic carbocycles. The van der Waals surface area contributed by atoms with Crippen molar-refractivity contribution in [1.82, 2.24) is 0 Å². The molecule has 1 nitrogen and oxygen atoms in total. The molecule has 1 unspecified atom stereocenters. The zero-order valence-corrected chi connectivity index (χ0v) is 7.30. The molecule has 1 aromatic carbocycles. The normalized spacial score (nSPS) is 13.0. The Kier molecular flexibility index (Phi) is 2.33. The molecule has 0 saturated carbocycles.